The third-order valence-electron chi connectivity index (χ3n) is 4.58. The summed E-state index contributed by atoms with van der Waals surface area (Å²) in [7, 11) is 0. The van der Waals surface area contributed by atoms with Gasteiger partial charge >= 0.3 is 5.97 Å². The lowest BCUT2D eigenvalue weighted by molar-refractivity contribution is -0.132. The van der Waals surface area contributed by atoms with E-state index in [1.807, 2.05) is 13.8 Å². The number of amides is 2. The Hall–Kier alpha value is -2.51. The average Bonchev–Trinajstić information content (AvgIpc) is 2.60. The second kappa shape index (κ2) is 8.92. The number of aromatic nitrogens is 2. The molecule has 0 aromatic carbocycles. The third kappa shape index (κ3) is 4.61. The first kappa shape index (κ1) is 20.8. The summed E-state index contributed by atoms with van der Waals surface area (Å²) in [6.07, 6.45) is 1.34. The number of hydrogen-bond acceptors (Lipinski definition) is 6. The minimum Gasteiger partial charge on any atom is -0.462 e. The molecule has 1 aliphatic rings. The Morgan fingerprint density at radius 1 is 1.19 bits per heavy atom. The Kier molecular flexibility index (Phi) is 6.87. The highest BCUT2D eigenvalue weighted by molar-refractivity contribution is 6.04. The van der Waals surface area contributed by atoms with Crippen LogP contribution in [0.3, 0.4) is 0 Å². The topological polar surface area (TPSA) is 92.7 Å². The molecular weight excluding hydrogens is 348 g/mol. The van der Waals surface area contributed by atoms with Crippen molar-refractivity contribution in [2.24, 2.45) is 0 Å². The van der Waals surface area contributed by atoms with E-state index in [0.717, 1.165) is 6.42 Å². The predicted molar refractivity (Wildman–Crippen MR) is 99.5 cm³/mol. The van der Waals surface area contributed by atoms with Crippen molar-refractivity contribution in [2.75, 3.05) is 26.2 Å². The van der Waals surface area contributed by atoms with E-state index in [2.05, 4.69) is 9.97 Å². The van der Waals surface area contributed by atoms with E-state index < -0.39 is 5.97 Å². The van der Waals surface area contributed by atoms with E-state index >= 15 is 0 Å². The minimum absolute atomic E-state index is 0.00933. The molecule has 2 rings (SSSR count). The fourth-order valence-electron chi connectivity index (χ4n) is 3.38. The molecule has 0 saturated carbocycles. The predicted octanol–water partition coefficient (Wildman–Crippen LogP) is 1.61. The lowest BCUT2D eigenvalue weighted by Crippen LogP contribution is -2.55. The number of carbonyl (C=O) groups is 3. The highest BCUT2D eigenvalue weighted by Crippen LogP contribution is 2.19. The lowest BCUT2D eigenvalue weighted by Gasteiger charge is -2.39. The summed E-state index contributed by atoms with van der Waals surface area (Å²) in [5, 5.41) is 0. The van der Waals surface area contributed by atoms with Gasteiger partial charge in [-0.15, -0.1) is 0 Å². The smallest absolute Gasteiger partial charge is 0.342 e. The zero-order valence-corrected chi connectivity index (χ0v) is 16.7. The molecule has 1 aromatic heterocycles. The first-order valence-electron chi connectivity index (χ1n) is 9.41. The van der Waals surface area contributed by atoms with Crippen LogP contribution in [-0.4, -0.2) is 69.8 Å². The molecule has 1 atom stereocenters. The number of aryl methyl sites for hydroxylation is 2. The maximum absolute atomic E-state index is 13.2. The normalized spacial score (nSPS) is 17.0. The van der Waals surface area contributed by atoms with E-state index in [-0.39, 0.29) is 35.7 Å². The summed E-state index contributed by atoms with van der Waals surface area (Å²) >= 11 is 0. The summed E-state index contributed by atoms with van der Waals surface area (Å²) in [4.78, 5) is 49.4. The van der Waals surface area contributed by atoms with E-state index in [0.29, 0.717) is 37.6 Å². The standard InChI is InChI=1S/C19H28N4O4/c1-6-8-15-16(19(26)27-7-2)17(21-13(4)20-15)18(25)22-9-10-23(14(5)24)12(3)11-22/h12H,6-11H2,1-5H3. The van der Waals surface area contributed by atoms with Crippen molar-refractivity contribution >= 4 is 17.8 Å². The van der Waals surface area contributed by atoms with Crippen LogP contribution in [0.1, 0.15) is 66.5 Å². The monoisotopic (exact) mass is 376 g/mol. The SMILES string of the molecule is CCCc1nc(C)nc(C(=O)N2CCN(C(C)=O)C(C)C2)c1C(=O)OCC. The van der Waals surface area contributed by atoms with Crippen LogP contribution in [0.4, 0.5) is 0 Å². The van der Waals surface area contributed by atoms with Gasteiger partial charge in [0.15, 0.2) is 0 Å². The first-order chi connectivity index (χ1) is 12.8. The van der Waals surface area contributed by atoms with Crippen LogP contribution in [0.15, 0.2) is 0 Å². The number of nitrogens with zero attached hydrogens (tertiary/aromatic N) is 4. The quantitative estimate of drug-likeness (QED) is 0.725. The van der Waals surface area contributed by atoms with Crippen LogP contribution in [0.25, 0.3) is 0 Å². The van der Waals surface area contributed by atoms with Crippen LogP contribution in [-0.2, 0) is 16.0 Å². The van der Waals surface area contributed by atoms with Crippen molar-refractivity contribution in [2.45, 2.75) is 53.5 Å². The Labute approximate surface area is 159 Å². The Balaban J connectivity index is 2.40. The third-order valence-corrected chi connectivity index (χ3v) is 4.58. The van der Waals surface area contributed by atoms with Crippen molar-refractivity contribution in [1.82, 2.24) is 19.8 Å². The number of piperazine rings is 1. The average molecular weight is 376 g/mol. The van der Waals surface area contributed by atoms with Gasteiger partial charge in [0, 0.05) is 32.6 Å². The van der Waals surface area contributed by atoms with Gasteiger partial charge in [0.25, 0.3) is 5.91 Å². The molecule has 1 aromatic rings. The van der Waals surface area contributed by atoms with Gasteiger partial charge in [-0.05, 0) is 27.2 Å². The fraction of sp³-hybridized carbons (Fsp3) is 0.632. The minimum atomic E-state index is -0.570. The second-order valence-corrected chi connectivity index (χ2v) is 6.72. The molecule has 0 N–H and O–H groups in total. The zero-order valence-electron chi connectivity index (χ0n) is 16.7. The summed E-state index contributed by atoms with van der Waals surface area (Å²) in [5.74, 6) is -0.453. The summed E-state index contributed by atoms with van der Waals surface area (Å²) in [6.45, 7) is 10.3. The zero-order chi connectivity index (χ0) is 20.1. The van der Waals surface area contributed by atoms with Gasteiger partial charge in [0.05, 0.1) is 12.3 Å². The van der Waals surface area contributed by atoms with Gasteiger partial charge in [0.1, 0.15) is 17.1 Å². The van der Waals surface area contributed by atoms with Crippen LogP contribution in [0.5, 0.6) is 0 Å². The second-order valence-electron chi connectivity index (χ2n) is 6.72. The Bertz CT molecular complexity index is 735. The van der Waals surface area contributed by atoms with E-state index in [9.17, 15) is 14.4 Å². The van der Waals surface area contributed by atoms with E-state index in [4.69, 9.17) is 4.74 Å². The molecule has 8 nitrogen and oxygen atoms in total. The van der Waals surface area contributed by atoms with Crippen molar-refractivity contribution < 1.29 is 19.1 Å². The van der Waals surface area contributed by atoms with Crippen molar-refractivity contribution in [3.05, 3.63) is 22.8 Å². The molecule has 148 valence electrons. The molecule has 0 aliphatic carbocycles. The highest BCUT2D eigenvalue weighted by atomic mass is 16.5. The van der Waals surface area contributed by atoms with Gasteiger partial charge < -0.3 is 14.5 Å². The Morgan fingerprint density at radius 3 is 2.44 bits per heavy atom. The molecule has 1 unspecified atom stereocenters. The van der Waals surface area contributed by atoms with Gasteiger partial charge in [-0.25, -0.2) is 14.8 Å². The number of hydrogen-bond donors (Lipinski definition) is 0. The summed E-state index contributed by atoms with van der Waals surface area (Å²) in [6, 6.07) is -0.0933. The van der Waals surface area contributed by atoms with E-state index in [1.54, 1.807) is 23.6 Å². The molecule has 0 radical (unpaired) electrons. The fourth-order valence-corrected chi connectivity index (χ4v) is 3.38. The molecule has 8 heteroatoms. The highest BCUT2D eigenvalue weighted by Gasteiger charge is 2.33. The number of esters is 1. The molecule has 2 heterocycles. The molecule has 0 bridgehead atoms. The summed E-state index contributed by atoms with van der Waals surface area (Å²) < 4.78 is 5.16. The van der Waals surface area contributed by atoms with Crippen LogP contribution < -0.4 is 0 Å². The lowest BCUT2D eigenvalue weighted by atomic mass is 10.1. The van der Waals surface area contributed by atoms with Gasteiger partial charge in [-0.2, -0.15) is 0 Å². The molecule has 0 spiro atoms. The number of carbonyl (C=O) groups excluding carboxylic acids is 3. The molecule has 27 heavy (non-hydrogen) atoms. The first-order valence-corrected chi connectivity index (χ1v) is 9.41. The van der Waals surface area contributed by atoms with Crippen LogP contribution in [0.2, 0.25) is 0 Å². The number of rotatable bonds is 5. The van der Waals surface area contributed by atoms with Crippen molar-refractivity contribution in [3.8, 4) is 0 Å². The van der Waals surface area contributed by atoms with Crippen LogP contribution >= 0.6 is 0 Å². The van der Waals surface area contributed by atoms with E-state index in [1.165, 1.54) is 6.92 Å². The van der Waals surface area contributed by atoms with Crippen molar-refractivity contribution in [1.29, 1.82) is 0 Å². The van der Waals surface area contributed by atoms with Gasteiger partial charge in [-0.1, -0.05) is 13.3 Å². The molecule has 1 fully saturated rings. The molecular formula is C19H28N4O4. The van der Waals surface area contributed by atoms with Gasteiger partial charge in [0.2, 0.25) is 5.91 Å². The largest absolute Gasteiger partial charge is 0.462 e. The summed E-state index contributed by atoms with van der Waals surface area (Å²) in [5.41, 5.74) is 0.797. The Morgan fingerprint density at radius 2 is 1.89 bits per heavy atom. The molecule has 1 aliphatic heterocycles. The van der Waals surface area contributed by atoms with Gasteiger partial charge in [-0.3, -0.25) is 9.59 Å². The van der Waals surface area contributed by atoms with Crippen LogP contribution in [0, 0.1) is 6.92 Å². The maximum Gasteiger partial charge on any atom is 0.342 e. The molecule has 2 amide bonds. The molecule has 1 saturated heterocycles. The maximum atomic E-state index is 13.2. The van der Waals surface area contributed by atoms with Crippen molar-refractivity contribution in [3.63, 3.8) is 0 Å². The number of ether oxygens (including phenoxy) is 1.